The summed E-state index contributed by atoms with van der Waals surface area (Å²) < 4.78 is 32.5. The predicted molar refractivity (Wildman–Crippen MR) is 102 cm³/mol. The Bertz CT molecular complexity index is 872. The van der Waals surface area contributed by atoms with Crippen molar-refractivity contribution in [1.29, 1.82) is 0 Å². The van der Waals surface area contributed by atoms with Gasteiger partial charge in [0.2, 0.25) is 5.88 Å². The van der Waals surface area contributed by atoms with Gasteiger partial charge in [-0.25, -0.2) is 23.5 Å². The van der Waals surface area contributed by atoms with Crippen molar-refractivity contribution in [3.63, 3.8) is 0 Å². The molecule has 7 nitrogen and oxygen atoms in total. The first-order valence-corrected chi connectivity index (χ1v) is 8.38. The molecule has 2 aromatic rings. The van der Waals surface area contributed by atoms with Gasteiger partial charge in [-0.2, -0.15) is 0 Å². The van der Waals surface area contributed by atoms with Crippen molar-refractivity contribution in [3.05, 3.63) is 48.3 Å². The summed E-state index contributed by atoms with van der Waals surface area (Å²) in [5.41, 5.74) is 6.66. The van der Waals surface area contributed by atoms with Crippen LogP contribution in [0.15, 0.2) is 42.7 Å². The molecule has 28 heavy (non-hydrogen) atoms. The number of carboxylic acid groups (broad SMARTS) is 1. The fourth-order valence-corrected chi connectivity index (χ4v) is 2.67. The van der Waals surface area contributed by atoms with Crippen molar-refractivity contribution in [2.45, 2.75) is 32.2 Å². The van der Waals surface area contributed by atoms with E-state index in [1.165, 1.54) is 24.5 Å². The molecule has 2 aromatic heterocycles. The lowest BCUT2D eigenvalue weighted by atomic mass is 9.96. The summed E-state index contributed by atoms with van der Waals surface area (Å²) in [5, 5.41) is 10.9. The van der Waals surface area contributed by atoms with Gasteiger partial charge in [0.15, 0.2) is 0 Å². The number of alkyl halides is 2. The van der Waals surface area contributed by atoms with Gasteiger partial charge >= 0.3 is 6.09 Å². The molecule has 0 saturated heterocycles. The number of carbonyl (C=O) groups is 1. The fraction of sp³-hybridized carbons (Fsp3) is 0.316. The van der Waals surface area contributed by atoms with Crippen LogP contribution in [0.4, 0.5) is 19.4 Å². The maximum Gasteiger partial charge on any atom is 0.410 e. The molecule has 0 fully saturated rings. The summed E-state index contributed by atoms with van der Waals surface area (Å²) in [5.74, 6) is -0.127. The maximum absolute atomic E-state index is 13.5. The number of aromatic nitrogens is 2. The van der Waals surface area contributed by atoms with Gasteiger partial charge in [0, 0.05) is 18.0 Å². The van der Waals surface area contributed by atoms with E-state index in [2.05, 4.69) is 21.9 Å². The van der Waals surface area contributed by atoms with Crippen molar-refractivity contribution in [2.75, 3.05) is 11.9 Å². The maximum atomic E-state index is 13.5. The Morgan fingerprint density at radius 2 is 2.11 bits per heavy atom. The van der Waals surface area contributed by atoms with Crippen LogP contribution in [-0.2, 0) is 0 Å². The van der Waals surface area contributed by atoms with Crippen LogP contribution in [0.2, 0.25) is 0 Å². The first-order chi connectivity index (χ1) is 13.1. The second-order valence-electron chi connectivity index (χ2n) is 6.86. The lowest BCUT2D eigenvalue weighted by molar-refractivity contribution is 0.139. The summed E-state index contributed by atoms with van der Waals surface area (Å²) in [6, 6.07) is 4.23. The van der Waals surface area contributed by atoms with Crippen LogP contribution in [0.1, 0.15) is 32.3 Å². The number of hydrogen-bond donors (Lipinski definition) is 3. The van der Waals surface area contributed by atoms with Crippen LogP contribution in [0.3, 0.4) is 0 Å². The molecule has 2 rings (SSSR count). The van der Waals surface area contributed by atoms with Crippen LogP contribution in [0, 0.1) is 0 Å². The molecule has 9 heteroatoms. The van der Waals surface area contributed by atoms with Gasteiger partial charge in [0.05, 0.1) is 11.1 Å². The summed E-state index contributed by atoms with van der Waals surface area (Å²) in [6.07, 6.45) is -0.880. The zero-order valence-electron chi connectivity index (χ0n) is 15.6. The molecular formula is C19H22F2N4O3. The molecule has 0 saturated carbocycles. The fourth-order valence-electron chi connectivity index (χ4n) is 2.67. The standard InChI is InChI=1S/C19H22F2N4O3/c1-11(2)8-19(3,22)10-28-17-14(16(20)21)6-13(9-24-17)12-4-5-23-15(7-12)25-18(26)27/h4-7,9,16H,1,8,10,22H2,2-3H3,(H,23,25)(H,26,27). The van der Waals surface area contributed by atoms with Gasteiger partial charge in [0.25, 0.3) is 6.43 Å². The van der Waals surface area contributed by atoms with E-state index in [0.29, 0.717) is 17.5 Å². The molecule has 150 valence electrons. The number of hydrogen-bond acceptors (Lipinski definition) is 5. The highest BCUT2D eigenvalue weighted by molar-refractivity contribution is 5.82. The summed E-state index contributed by atoms with van der Waals surface area (Å²) >= 11 is 0. The zero-order valence-corrected chi connectivity index (χ0v) is 15.6. The minimum Gasteiger partial charge on any atom is -0.475 e. The molecule has 0 aliphatic rings. The van der Waals surface area contributed by atoms with Crippen LogP contribution < -0.4 is 15.8 Å². The van der Waals surface area contributed by atoms with E-state index >= 15 is 0 Å². The Morgan fingerprint density at radius 3 is 2.71 bits per heavy atom. The highest BCUT2D eigenvalue weighted by Crippen LogP contribution is 2.32. The second-order valence-corrected chi connectivity index (χ2v) is 6.86. The van der Waals surface area contributed by atoms with Crippen LogP contribution >= 0.6 is 0 Å². The SMILES string of the molecule is C=C(C)CC(C)(N)COc1ncc(-c2ccnc(NC(=O)O)c2)cc1C(F)F. The first-order valence-electron chi connectivity index (χ1n) is 8.38. The van der Waals surface area contributed by atoms with E-state index in [1.54, 1.807) is 13.0 Å². The van der Waals surface area contributed by atoms with E-state index in [0.717, 1.165) is 5.57 Å². The van der Waals surface area contributed by atoms with Gasteiger partial charge < -0.3 is 15.6 Å². The van der Waals surface area contributed by atoms with E-state index in [-0.39, 0.29) is 23.9 Å². The van der Waals surface area contributed by atoms with Crippen LogP contribution in [0.25, 0.3) is 11.1 Å². The third kappa shape index (κ3) is 5.98. The van der Waals surface area contributed by atoms with E-state index in [9.17, 15) is 13.6 Å². The normalized spacial score (nSPS) is 13.1. The molecule has 0 aliphatic carbocycles. The summed E-state index contributed by atoms with van der Waals surface area (Å²) in [6.45, 7) is 7.35. The Kier molecular flexibility index (Phi) is 6.63. The lowest BCUT2D eigenvalue weighted by Gasteiger charge is -2.25. The van der Waals surface area contributed by atoms with Gasteiger partial charge in [0.1, 0.15) is 12.4 Å². The van der Waals surface area contributed by atoms with Gasteiger partial charge in [-0.05, 0) is 44.0 Å². The molecular weight excluding hydrogens is 370 g/mol. The molecule has 1 amide bonds. The lowest BCUT2D eigenvalue weighted by Crippen LogP contribution is -2.42. The third-order valence-electron chi connectivity index (χ3n) is 3.69. The van der Waals surface area contributed by atoms with Crippen LogP contribution in [0.5, 0.6) is 5.88 Å². The van der Waals surface area contributed by atoms with Crippen LogP contribution in [-0.4, -0.2) is 33.3 Å². The number of rotatable bonds is 8. The number of nitrogens with zero attached hydrogens (tertiary/aromatic N) is 2. The molecule has 1 atom stereocenters. The highest BCUT2D eigenvalue weighted by Gasteiger charge is 2.23. The van der Waals surface area contributed by atoms with Gasteiger partial charge in [-0.3, -0.25) is 5.32 Å². The summed E-state index contributed by atoms with van der Waals surface area (Å²) in [7, 11) is 0. The van der Waals surface area contributed by atoms with Gasteiger partial charge in [-0.1, -0.05) is 5.57 Å². The molecule has 2 heterocycles. The number of anilines is 1. The largest absolute Gasteiger partial charge is 0.475 e. The topological polar surface area (TPSA) is 110 Å². The average molecular weight is 392 g/mol. The smallest absolute Gasteiger partial charge is 0.410 e. The minimum absolute atomic E-state index is 0.00609. The number of amides is 1. The Hall–Kier alpha value is -3.07. The second kappa shape index (κ2) is 8.75. The zero-order chi connectivity index (χ0) is 20.9. The van der Waals surface area contributed by atoms with Crippen molar-refractivity contribution in [3.8, 4) is 17.0 Å². The van der Waals surface area contributed by atoms with Crippen molar-refractivity contribution in [2.24, 2.45) is 5.73 Å². The first kappa shape index (κ1) is 21.2. The Balaban J connectivity index is 2.28. The average Bonchev–Trinajstić information content (AvgIpc) is 2.58. The molecule has 0 bridgehead atoms. The number of halogens is 2. The minimum atomic E-state index is -2.81. The Labute approximate surface area is 161 Å². The molecule has 0 aromatic carbocycles. The number of pyridine rings is 2. The van der Waals surface area contributed by atoms with Crippen molar-refractivity contribution < 1.29 is 23.4 Å². The van der Waals surface area contributed by atoms with Gasteiger partial charge in [-0.15, -0.1) is 6.58 Å². The number of ether oxygens (including phenoxy) is 1. The quantitative estimate of drug-likeness (QED) is 0.580. The molecule has 1 unspecified atom stereocenters. The predicted octanol–water partition coefficient (Wildman–Crippen LogP) is 4.23. The van der Waals surface area contributed by atoms with Crippen molar-refractivity contribution >= 4 is 11.9 Å². The van der Waals surface area contributed by atoms with E-state index < -0.39 is 18.1 Å². The molecule has 0 spiro atoms. The van der Waals surface area contributed by atoms with E-state index in [1.807, 2.05) is 6.92 Å². The van der Waals surface area contributed by atoms with Crippen molar-refractivity contribution in [1.82, 2.24) is 9.97 Å². The Morgan fingerprint density at radius 1 is 1.39 bits per heavy atom. The number of nitrogens with one attached hydrogen (secondary N) is 1. The molecule has 0 radical (unpaired) electrons. The molecule has 0 aliphatic heterocycles. The van der Waals surface area contributed by atoms with E-state index in [4.69, 9.17) is 15.6 Å². The number of nitrogens with two attached hydrogens (primary N) is 1. The summed E-state index contributed by atoms with van der Waals surface area (Å²) in [4.78, 5) is 18.6. The molecule has 4 N–H and O–H groups in total. The highest BCUT2D eigenvalue weighted by atomic mass is 19.3. The monoisotopic (exact) mass is 392 g/mol. The third-order valence-corrected chi connectivity index (χ3v) is 3.69.